The summed E-state index contributed by atoms with van der Waals surface area (Å²) in [6.07, 6.45) is 5.80. The van der Waals surface area contributed by atoms with Crippen LogP contribution < -0.4 is 4.74 Å². The quantitative estimate of drug-likeness (QED) is 0.753. The van der Waals surface area contributed by atoms with Crippen molar-refractivity contribution in [3.63, 3.8) is 0 Å². The first-order valence-electron chi connectivity index (χ1n) is 9.66. The number of amides is 1. The smallest absolute Gasteiger partial charge is 0.254 e. The molecule has 0 bridgehead atoms. The van der Waals surface area contributed by atoms with Crippen LogP contribution >= 0.6 is 0 Å². The van der Waals surface area contributed by atoms with Gasteiger partial charge in [-0.2, -0.15) is 0 Å². The van der Waals surface area contributed by atoms with E-state index in [0.29, 0.717) is 5.92 Å². The van der Waals surface area contributed by atoms with Gasteiger partial charge in [-0.1, -0.05) is 12.1 Å². The lowest BCUT2D eigenvalue weighted by atomic mass is 9.74. The second-order valence-corrected chi connectivity index (χ2v) is 7.52. The lowest BCUT2D eigenvalue weighted by molar-refractivity contribution is 0.0546. The van der Waals surface area contributed by atoms with Crippen LogP contribution in [0, 0.1) is 0 Å². The van der Waals surface area contributed by atoms with E-state index in [4.69, 9.17) is 4.74 Å². The van der Waals surface area contributed by atoms with E-state index >= 15 is 0 Å². The number of fused-ring (bicyclic) bond motifs is 4. The summed E-state index contributed by atoms with van der Waals surface area (Å²) in [4.78, 5) is 22.8. The van der Waals surface area contributed by atoms with Crippen LogP contribution in [0.1, 0.15) is 46.7 Å². The molecule has 0 saturated carbocycles. The summed E-state index contributed by atoms with van der Waals surface area (Å²) < 4.78 is 5.58. The summed E-state index contributed by atoms with van der Waals surface area (Å²) in [7, 11) is 1.74. The number of aromatic nitrogens is 2. The lowest BCUT2D eigenvalue weighted by Gasteiger charge is -2.45. The number of rotatable bonds is 2. The van der Waals surface area contributed by atoms with Crippen LogP contribution in [0.2, 0.25) is 0 Å². The van der Waals surface area contributed by atoms with Gasteiger partial charge in [0, 0.05) is 24.1 Å². The molecule has 5 rings (SSSR count). The molecule has 5 heteroatoms. The van der Waals surface area contributed by atoms with Gasteiger partial charge in [0.15, 0.2) is 0 Å². The number of hydrogen-bond acceptors (Lipinski definition) is 3. The Hall–Kier alpha value is -2.82. The Morgan fingerprint density at radius 1 is 1.26 bits per heavy atom. The van der Waals surface area contributed by atoms with Crippen molar-refractivity contribution in [3.8, 4) is 5.75 Å². The van der Waals surface area contributed by atoms with Crippen molar-refractivity contribution in [3.05, 3.63) is 59.4 Å². The summed E-state index contributed by atoms with van der Waals surface area (Å²) in [5.41, 5.74) is 5.24. The van der Waals surface area contributed by atoms with E-state index in [-0.39, 0.29) is 11.9 Å². The summed E-state index contributed by atoms with van der Waals surface area (Å²) in [5.74, 6) is 1.52. The Bertz CT molecular complexity index is 1010. The van der Waals surface area contributed by atoms with Gasteiger partial charge < -0.3 is 14.6 Å². The molecule has 27 heavy (non-hydrogen) atoms. The summed E-state index contributed by atoms with van der Waals surface area (Å²) >= 11 is 0. The first-order chi connectivity index (χ1) is 13.3. The molecular formula is C22H23N3O2. The van der Waals surface area contributed by atoms with Crippen LogP contribution in [0.25, 0.3) is 11.0 Å². The third-order valence-corrected chi connectivity index (χ3v) is 6.19. The Morgan fingerprint density at radius 3 is 3.07 bits per heavy atom. The third-order valence-electron chi connectivity index (χ3n) is 6.19. The maximum Gasteiger partial charge on any atom is 0.254 e. The van der Waals surface area contributed by atoms with E-state index in [1.807, 2.05) is 24.3 Å². The number of hydrogen-bond donors (Lipinski definition) is 1. The zero-order chi connectivity index (χ0) is 18.4. The molecule has 2 atom stereocenters. The average Bonchev–Trinajstić information content (AvgIpc) is 3.20. The molecule has 5 nitrogen and oxygen atoms in total. The minimum atomic E-state index is 0.132. The number of methoxy groups -OCH3 is 1. The molecule has 2 aliphatic rings. The van der Waals surface area contributed by atoms with Crippen molar-refractivity contribution >= 4 is 16.9 Å². The van der Waals surface area contributed by atoms with Gasteiger partial charge in [0.25, 0.3) is 5.91 Å². The molecule has 0 spiro atoms. The lowest BCUT2D eigenvalue weighted by Crippen LogP contribution is -2.49. The van der Waals surface area contributed by atoms with Crippen LogP contribution in [0.4, 0.5) is 0 Å². The number of carbonyl (C=O) groups is 1. The fraction of sp³-hybridized carbons (Fsp3) is 0.364. The molecule has 1 amide bonds. The largest absolute Gasteiger partial charge is 0.496 e. The molecule has 1 aliphatic carbocycles. The van der Waals surface area contributed by atoms with Crippen molar-refractivity contribution in [2.45, 2.75) is 37.6 Å². The first kappa shape index (κ1) is 16.4. The highest BCUT2D eigenvalue weighted by Gasteiger charge is 2.39. The van der Waals surface area contributed by atoms with Crippen molar-refractivity contribution < 1.29 is 9.53 Å². The van der Waals surface area contributed by atoms with Gasteiger partial charge in [0.2, 0.25) is 0 Å². The van der Waals surface area contributed by atoms with Gasteiger partial charge >= 0.3 is 0 Å². The molecule has 138 valence electrons. The van der Waals surface area contributed by atoms with E-state index in [0.717, 1.165) is 54.6 Å². The standard InChI is InChI=1S/C22H23N3O2/c1-27-21-6-2-4-15-16-5-3-11-25(20(16)10-8-17(15)21)22(26)14-7-9-18-19(12-14)24-13-23-18/h2,4,6-7,9,12-13,16,20H,3,5,8,10-11H2,1H3,(H,23,24)/t16-,20-/m0/s1. The number of carbonyl (C=O) groups excluding carboxylic acids is 1. The van der Waals surface area contributed by atoms with E-state index in [9.17, 15) is 4.79 Å². The number of likely N-dealkylation sites (tertiary alicyclic amines) is 1. The summed E-state index contributed by atoms with van der Waals surface area (Å²) in [5, 5.41) is 0. The molecule has 3 aromatic rings. The van der Waals surface area contributed by atoms with E-state index in [2.05, 4.69) is 27.0 Å². The van der Waals surface area contributed by atoms with E-state index < -0.39 is 0 Å². The second-order valence-electron chi connectivity index (χ2n) is 7.52. The Kier molecular flexibility index (Phi) is 3.88. The molecule has 1 saturated heterocycles. The Morgan fingerprint density at radius 2 is 2.19 bits per heavy atom. The van der Waals surface area contributed by atoms with Crippen LogP contribution in [0.3, 0.4) is 0 Å². The number of nitrogens with one attached hydrogen (secondary N) is 1. The predicted octanol–water partition coefficient (Wildman–Crippen LogP) is 3.91. The number of aromatic amines is 1. The Balaban J connectivity index is 1.48. The minimum absolute atomic E-state index is 0.132. The SMILES string of the molecule is COc1cccc2c1CC[C@H]1[C@H]2CCCN1C(=O)c1ccc2nc[nH]c2c1. The highest BCUT2D eigenvalue weighted by Crippen LogP contribution is 2.43. The van der Waals surface area contributed by atoms with Crippen LogP contribution in [0.15, 0.2) is 42.7 Å². The molecule has 0 unspecified atom stereocenters. The number of nitrogens with zero attached hydrogens (tertiary/aromatic N) is 2. The molecule has 1 N–H and O–H groups in total. The third kappa shape index (κ3) is 2.60. The normalized spacial score (nSPS) is 21.6. The molecule has 1 aliphatic heterocycles. The molecule has 1 aromatic heterocycles. The van der Waals surface area contributed by atoms with Gasteiger partial charge in [-0.25, -0.2) is 4.98 Å². The van der Waals surface area contributed by atoms with Crippen molar-refractivity contribution in [2.75, 3.05) is 13.7 Å². The van der Waals surface area contributed by atoms with E-state index in [1.165, 1.54) is 11.1 Å². The second kappa shape index (κ2) is 6.41. The average molecular weight is 361 g/mol. The van der Waals surface area contributed by atoms with E-state index in [1.54, 1.807) is 13.4 Å². The molecule has 1 fully saturated rings. The molecule has 0 radical (unpaired) electrons. The minimum Gasteiger partial charge on any atom is -0.496 e. The zero-order valence-corrected chi connectivity index (χ0v) is 15.4. The monoisotopic (exact) mass is 361 g/mol. The first-order valence-corrected chi connectivity index (χ1v) is 9.66. The van der Waals surface area contributed by atoms with Crippen molar-refractivity contribution in [1.82, 2.24) is 14.9 Å². The molecule has 2 aromatic carbocycles. The summed E-state index contributed by atoms with van der Waals surface area (Å²) in [6, 6.07) is 12.4. The number of H-pyrrole nitrogens is 1. The number of benzene rings is 2. The Labute approximate surface area is 158 Å². The predicted molar refractivity (Wildman–Crippen MR) is 104 cm³/mol. The van der Waals surface area contributed by atoms with Crippen LogP contribution in [-0.4, -0.2) is 40.5 Å². The van der Waals surface area contributed by atoms with Gasteiger partial charge in [-0.15, -0.1) is 0 Å². The number of piperidine rings is 1. The van der Waals surface area contributed by atoms with Gasteiger partial charge in [0.05, 0.1) is 24.5 Å². The van der Waals surface area contributed by atoms with Crippen LogP contribution in [-0.2, 0) is 6.42 Å². The highest BCUT2D eigenvalue weighted by atomic mass is 16.5. The maximum atomic E-state index is 13.3. The molecular weight excluding hydrogens is 338 g/mol. The van der Waals surface area contributed by atoms with Crippen LogP contribution in [0.5, 0.6) is 5.75 Å². The number of imidazole rings is 1. The summed E-state index contributed by atoms with van der Waals surface area (Å²) in [6.45, 7) is 0.834. The number of ether oxygens (including phenoxy) is 1. The van der Waals surface area contributed by atoms with Gasteiger partial charge in [-0.05, 0) is 61.1 Å². The highest BCUT2D eigenvalue weighted by molar-refractivity contribution is 5.97. The maximum absolute atomic E-state index is 13.3. The fourth-order valence-corrected chi connectivity index (χ4v) is 4.94. The topological polar surface area (TPSA) is 58.2 Å². The van der Waals surface area contributed by atoms with Crippen molar-refractivity contribution in [2.24, 2.45) is 0 Å². The molecule has 2 heterocycles. The van der Waals surface area contributed by atoms with Crippen molar-refractivity contribution in [1.29, 1.82) is 0 Å². The van der Waals surface area contributed by atoms with Gasteiger partial charge in [-0.3, -0.25) is 4.79 Å². The van der Waals surface area contributed by atoms with Gasteiger partial charge in [0.1, 0.15) is 5.75 Å². The zero-order valence-electron chi connectivity index (χ0n) is 15.4. The fourth-order valence-electron chi connectivity index (χ4n) is 4.94.